The number of carbonyl (C=O) groups excluding carboxylic acids is 1. The van der Waals surface area contributed by atoms with Crippen LogP contribution in [0.5, 0.6) is 5.75 Å². The summed E-state index contributed by atoms with van der Waals surface area (Å²) in [7, 11) is 0. The lowest BCUT2D eigenvalue weighted by Gasteiger charge is -2.25. The fourth-order valence-electron chi connectivity index (χ4n) is 3.29. The van der Waals surface area contributed by atoms with E-state index < -0.39 is 0 Å². The van der Waals surface area contributed by atoms with E-state index in [0.717, 1.165) is 34.6 Å². The van der Waals surface area contributed by atoms with Crippen molar-refractivity contribution in [3.8, 4) is 17.0 Å². The Labute approximate surface area is 161 Å². The van der Waals surface area contributed by atoms with Gasteiger partial charge in [0.25, 0.3) is 0 Å². The summed E-state index contributed by atoms with van der Waals surface area (Å²) >= 11 is 6.03. The van der Waals surface area contributed by atoms with Gasteiger partial charge < -0.3 is 10.1 Å². The van der Waals surface area contributed by atoms with Crippen LogP contribution < -0.4 is 10.1 Å². The molecule has 138 valence electrons. The summed E-state index contributed by atoms with van der Waals surface area (Å²) in [5.41, 5.74) is 3.46. The van der Waals surface area contributed by atoms with Crippen molar-refractivity contribution >= 4 is 23.3 Å². The molecule has 3 heterocycles. The molecule has 0 fully saturated rings. The molecule has 0 radical (unpaired) electrons. The highest BCUT2D eigenvalue weighted by molar-refractivity contribution is 6.30. The largest absolute Gasteiger partial charge is 0.493 e. The number of nitrogens with one attached hydrogen (secondary N) is 2. The first-order chi connectivity index (χ1) is 13.1. The molecule has 1 aromatic carbocycles. The van der Waals surface area contributed by atoms with Crippen LogP contribution in [-0.4, -0.2) is 32.9 Å². The normalized spacial score (nSPS) is 15.7. The summed E-state index contributed by atoms with van der Waals surface area (Å²) in [6, 6.07) is 7.39. The maximum atomic E-state index is 12.6. The number of hydrogen-bond donors (Lipinski definition) is 2. The van der Waals surface area contributed by atoms with Gasteiger partial charge in [0.2, 0.25) is 5.91 Å². The zero-order valence-electron chi connectivity index (χ0n) is 14.7. The molecule has 7 nitrogen and oxygen atoms in total. The summed E-state index contributed by atoms with van der Waals surface area (Å²) in [6.07, 6.45) is 4.40. The summed E-state index contributed by atoms with van der Waals surface area (Å²) in [5.74, 6) is 1.37. The van der Waals surface area contributed by atoms with E-state index in [9.17, 15) is 4.79 Å². The van der Waals surface area contributed by atoms with Gasteiger partial charge in [-0.1, -0.05) is 17.7 Å². The molecule has 27 heavy (non-hydrogen) atoms. The molecule has 2 N–H and O–H groups in total. The van der Waals surface area contributed by atoms with Gasteiger partial charge in [0.15, 0.2) is 0 Å². The van der Waals surface area contributed by atoms with Gasteiger partial charge >= 0.3 is 0 Å². The number of carbonyl (C=O) groups is 1. The van der Waals surface area contributed by atoms with Crippen LogP contribution >= 0.6 is 11.6 Å². The summed E-state index contributed by atoms with van der Waals surface area (Å²) in [5, 5.41) is 18.4. The van der Waals surface area contributed by atoms with Gasteiger partial charge in [-0.2, -0.15) is 15.3 Å². The van der Waals surface area contributed by atoms with Crippen molar-refractivity contribution in [1.82, 2.24) is 20.4 Å². The van der Waals surface area contributed by atoms with Crippen LogP contribution in [0.4, 0.5) is 5.82 Å². The minimum Gasteiger partial charge on any atom is -0.493 e. The maximum Gasteiger partial charge on any atom is 0.226 e. The quantitative estimate of drug-likeness (QED) is 0.716. The standard InChI is InChI=1S/C19H18ClN5O2/c1-11-18(13-4-6-21-22-10-13)24-25-19(11)23-17(26)8-12-5-7-27-16-9-14(20)2-3-15(12)16/h2-4,6,9-10,12H,5,7-8H2,1H3,(H2,23,24,25,26)/t12-/m0/s1. The molecule has 4 rings (SSSR count). The highest BCUT2D eigenvalue weighted by Crippen LogP contribution is 2.37. The molecule has 1 aliphatic rings. The Morgan fingerprint density at radius 2 is 2.26 bits per heavy atom. The van der Waals surface area contributed by atoms with Gasteiger partial charge in [0.1, 0.15) is 11.6 Å². The van der Waals surface area contributed by atoms with Gasteiger partial charge in [0.05, 0.1) is 24.7 Å². The highest BCUT2D eigenvalue weighted by atomic mass is 35.5. The zero-order valence-corrected chi connectivity index (χ0v) is 15.5. The lowest BCUT2D eigenvalue weighted by atomic mass is 9.90. The fourth-order valence-corrected chi connectivity index (χ4v) is 3.46. The molecule has 0 unspecified atom stereocenters. The number of hydrogen-bond acceptors (Lipinski definition) is 5. The van der Waals surface area contributed by atoms with E-state index >= 15 is 0 Å². The van der Waals surface area contributed by atoms with Crippen LogP contribution in [0.1, 0.15) is 29.9 Å². The van der Waals surface area contributed by atoms with Crippen LogP contribution in [0.25, 0.3) is 11.3 Å². The molecule has 0 spiro atoms. The van der Waals surface area contributed by atoms with Crippen LogP contribution in [0.2, 0.25) is 5.02 Å². The zero-order chi connectivity index (χ0) is 18.8. The number of rotatable bonds is 4. The highest BCUT2D eigenvalue weighted by Gasteiger charge is 2.24. The number of benzene rings is 1. The van der Waals surface area contributed by atoms with Gasteiger partial charge in [-0.05, 0) is 43.0 Å². The lowest BCUT2D eigenvalue weighted by Crippen LogP contribution is -2.21. The predicted octanol–water partition coefficient (Wildman–Crippen LogP) is 3.72. The van der Waals surface area contributed by atoms with E-state index in [1.165, 1.54) is 0 Å². The van der Waals surface area contributed by atoms with E-state index in [4.69, 9.17) is 16.3 Å². The Kier molecular flexibility index (Phi) is 4.77. The van der Waals surface area contributed by atoms with Gasteiger partial charge in [-0.3, -0.25) is 9.89 Å². The Morgan fingerprint density at radius 1 is 1.37 bits per heavy atom. The average molecular weight is 384 g/mol. The number of aromatic nitrogens is 4. The maximum absolute atomic E-state index is 12.6. The minimum atomic E-state index is -0.0750. The van der Waals surface area contributed by atoms with Crippen LogP contribution in [-0.2, 0) is 4.79 Å². The minimum absolute atomic E-state index is 0.0750. The molecular weight excluding hydrogens is 366 g/mol. The van der Waals surface area contributed by atoms with Gasteiger partial charge in [-0.15, -0.1) is 0 Å². The monoisotopic (exact) mass is 383 g/mol. The smallest absolute Gasteiger partial charge is 0.226 e. The van der Waals surface area contributed by atoms with Crippen molar-refractivity contribution in [2.45, 2.75) is 25.7 Å². The molecule has 0 bridgehead atoms. The van der Waals surface area contributed by atoms with E-state index in [0.29, 0.717) is 23.9 Å². The molecule has 1 aliphatic heterocycles. The van der Waals surface area contributed by atoms with E-state index in [2.05, 4.69) is 25.7 Å². The number of amides is 1. The number of fused-ring (bicyclic) bond motifs is 1. The van der Waals surface area contributed by atoms with Crippen molar-refractivity contribution in [1.29, 1.82) is 0 Å². The third-order valence-corrected chi connectivity index (χ3v) is 4.94. The summed E-state index contributed by atoms with van der Waals surface area (Å²) in [6.45, 7) is 2.48. The fraction of sp³-hybridized carbons (Fsp3) is 0.263. The van der Waals surface area contributed by atoms with Crippen molar-refractivity contribution in [3.05, 3.63) is 52.8 Å². The lowest BCUT2D eigenvalue weighted by molar-refractivity contribution is -0.116. The van der Waals surface area contributed by atoms with Crippen molar-refractivity contribution < 1.29 is 9.53 Å². The van der Waals surface area contributed by atoms with Gasteiger partial charge in [0, 0.05) is 22.6 Å². The second-order valence-electron chi connectivity index (χ2n) is 6.47. The Hall–Kier alpha value is -2.93. The third kappa shape index (κ3) is 3.64. The summed E-state index contributed by atoms with van der Waals surface area (Å²) in [4.78, 5) is 12.6. The molecule has 8 heteroatoms. The third-order valence-electron chi connectivity index (χ3n) is 4.70. The van der Waals surface area contributed by atoms with Crippen molar-refractivity contribution in [2.24, 2.45) is 0 Å². The molecule has 0 aliphatic carbocycles. The Bertz CT molecular complexity index is 973. The average Bonchev–Trinajstić information content (AvgIpc) is 3.02. The second-order valence-corrected chi connectivity index (χ2v) is 6.91. The molecular formula is C19H18ClN5O2. The number of halogens is 1. The number of anilines is 1. The molecule has 1 amide bonds. The van der Waals surface area contributed by atoms with E-state index in [-0.39, 0.29) is 11.8 Å². The van der Waals surface area contributed by atoms with E-state index in [1.54, 1.807) is 18.5 Å². The van der Waals surface area contributed by atoms with E-state index in [1.807, 2.05) is 25.1 Å². The SMILES string of the molecule is Cc1c(-c2ccnnc2)n[nH]c1NC(=O)C[C@@H]1CCOc2cc(Cl)ccc21. The topological polar surface area (TPSA) is 92.8 Å². The number of H-pyrrole nitrogens is 1. The van der Waals surface area contributed by atoms with Crippen LogP contribution in [0.15, 0.2) is 36.7 Å². The Balaban J connectivity index is 1.48. The van der Waals surface area contributed by atoms with Gasteiger partial charge in [-0.25, -0.2) is 0 Å². The molecule has 0 saturated heterocycles. The molecule has 3 aromatic rings. The second kappa shape index (κ2) is 7.36. The molecule has 0 saturated carbocycles. The predicted molar refractivity (Wildman–Crippen MR) is 102 cm³/mol. The van der Waals surface area contributed by atoms with Crippen LogP contribution in [0, 0.1) is 6.92 Å². The van der Waals surface area contributed by atoms with Crippen molar-refractivity contribution in [3.63, 3.8) is 0 Å². The number of aromatic amines is 1. The van der Waals surface area contributed by atoms with Crippen molar-refractivity contribution in [2.75, 3.05) is 11.9 Å². The Morgan fingerprint density at radius 3 is 3.07 bits per heavy atom. The molecule has 2 aromatic heterocycles. The first kappa shape index (κ1) is 17.5. The first-order valence-corrected chi connectivity index (χ1v) is 9.03. The molecule has 1 atom stereocenters. The number of nitrogens with zero attached hydrogens (tertiary/aromatic N) is 3. The number of ether oxygens (including phenoxy) is 1. The first-order valence-electron chi connectivity index (χ1n) is 8.66. The van der Waals surface area contributed by atoms with Crippen LogP contribution in [0.3, 0.4) is 0 Å². The summed E-state index contributed by atoms with van der Waals surface area (Å²) < 4.78 is 5.66.